The van der Waals surface area contributed by atoms with E-state index in [-0.39, 0.29) is 42.0 Å². The summed E-state index contributed by atoms with van der Waals surface area (Å²) in [7, 11) is -4.93. The SMILES string of the molecule is Cl.NC1C(O)OC(COS(=O)(=O)[O-])C(O)C1O.[Na+]. The smallest absolute Gasteiger partial charge is 0.726 e. The van der Waals surface area contributed by atoms with Gasteiger partial charge in [0.25, 0.3) is 0 Å². The van der Waals surface area contributed by atoms with Crippen molar-refractivity contribution in [1.82, 2.24) is 0 Å². The van der Waals surface area contributed by atoms with Crippen molar-refractivity contribution in [2.45, 2.75) is 30.6 Å². The Morgan fingerprint density at radius 2 is 1.78 bits per heavy atom. The topological polar surface area (TPSA) is 162 Å². The van der Waals surface area contributed by atoms with Crippen molar-refractivity contribution < 1.29 is 66.8 Å². The molecule has 5 unspecified atom stereocenters. The first-order valence-corrected chi connectivity index (χ1v) is 5.61. The molecule has 18 heavy (non-hydrogen) atoms. The van der Waals surface area contributed by atoms with Crippen LogP contribution < -0.4 is 35.3 Å². The van der Waals surface area contributed by atoms with Crippen molar-refractivity contribution in [2.75, 3.05) is 6.61 Å². The number of aliphatic hydroxyl groups excluding tert-OH is 3. The van der Waals surface area contributed by atoms with Crippen LogP contribution in [0.25, 0.3) is 0 Å². The number of nitrogens with two attached hydrogens (primary N) is 1. The molecule has 0 radical (unpaired) electrons. The summed E-state index contributed by atoms with van der Waals surface area (Å²) >= 11 is 0. The van der Waals surface area contributed by atoms with Crippen LogP contribution in [-0.2, 0) is 19.3 Å². The van der Waals surface area contributed by atoms with E-state index in [4.69, 9.17) is 10.8 Å². The maximum atomic E-state index is 10.1. The fourth-order valence-electron chi connectivity index (χ4n) is 1.25. The second-order valence-electron chi connectivity index (χ2n) is 3.32. The van der Waals surface area contributed by atoms with Crippen LogP contribution in [0.15, 0.2) is 0 Å². The van der Waals surface area contributed by atoms with Crippen LogP contribution in [0.2, 0.25) is 0 Å². The van der Waals surface area contributed by atoms with Gasteiger partial charge in [-0.3, -0.25) is 4.18 Å². The molecule has 1 aliphatic heterocycles. The Bertz CT molecular complexity index is 342. The summed E-state index contributed by atoms with van der Waals surface area (Å²) in [6.45, 7) is -0.812. The zero-order chi connectivity index (χ0) is 12.5. The third kappa shape index (κ3) is 5.94. The van der Waals surface area contributed by atoms with E-state index in [9.17, 15) is 23.2 Å². The van der Waals surface area contributed by atoms with E-state index in [0.29, 0.717) is 0 Å². The molecule has 1 saturated heterocycles. The minimum atomic E-state index is -4.93. The molecule has 9 nitrogen and oxygen atoms in total. The Balaban J connectivity index is 0. The molecule has 0 aromatic heterocycles. The molecule has 0 amide bonds. The summed E-state index contributed by atoms with van der Waals surface area (Å²) in [5.41, 5.74) is 5.25. The average molecular weight is 318 g/mol. The van der Waals surface area contributed by atoms with Gasteiger partial charge in [-0.2, -0.15) is 0 Å². The van der Waals surface area contributed by atoms with E-state index in [2.05, 4.69) is 8.92 Å². The average Bonchev–Trinajstić information content (AvgIpc) is 2.17. The molecule has 104 valence electrons. The minimum Gasteiger partial charge on any atom is -0.726 e. The number of aliphatic hydroxyl groups is 3. The van der Waals surface area contributed by atoms with Crippen molar-refractivity contribution in [3.63, 3.8) is 0 Å². The summed E-state index contributed by atoms with van der Waals surface area (Å²) < 4.78 is 38.9. The zero-order valence-electron chi connectivity index (χ0n) is 9.37. The number of rotatable bonds is 3. The van der Waals surface area contributed by atoms with Gasteiger partial charge < -0.3 is 30.3 Å². The molecule has 0 aromatic rings. The van der Waals surface area contributed by atoms with Crippen LogP contribution >= 0.6 is 12.4 Å². The van der Waals surface area contributed by atoms with Crippen LogP contribution in [-0.4, -0.2) is 65.5 Å². The number of ether oxygens (including phenoxy) is 1. The first kappa shape index (κ1) is 21.3. The first-order valence-electron chi connectivity index (χ1n) is 4.28. The Labute approximate surface area is 132 Å². The third-order valence-electron chi connectivity index (χ3n) is 2.15. The number of hydrogen-bond acceptors (Lipinski definition) is 9. The van der Waals surface area contributed by atoms with Gasteiger partial charge in [-0.1, -0.05) is 0 Å². The molecule has 0 aliphatic carbocycles. The standard InChI is InChI=1S/C6H13NO8S.ClH.Na/c7-3-5(9)4(8)2(15-6(3)10)1-14-16(11,12)13;;/h2-6,8-10H,1,7H2,(H,11,12,13);1H;/q;;+1/p-1. The maximum Gasteiger partial charge on any atom is 1.00 e. The van der Waals surface area contributed by atoms with Gasteiger partial charge >= 0.3 is 29.6 Å². The van der Waals surface area contributed by atoms with Crippen LogP contribution in [0, 0.1) is 0 Å². The van der Waals surface area contributed by atoms with E-state index >= 15 is 0 Å². The van der Waals surface area contributed by atoms with Crippen LogP contribution in [0.5, 0.6) is 0 Å². The summed E-state index contributed by atoms with van der Waals surface area (Å²) in [5.74, 6) is 0. The molecular formula is C6H13ClNNaO8S. The second-order valence-corrected chi connectivity index (χ2v) is 4.37. The van der Waals surface area contributed by atoms with Gasteiger partial charge in [0.15, 0.2) is 6.29 Å². The Morgan fingerprint density at radius 3 is 2.22 bits per heavy atom. The molecule has 0 saturated carbocycles. The predicted octanol–water partition coefficient (Wildman–Crippen LogP) is -6.34. The summed E-state index contributed by atoms with van der Waals surface area (Å²) in [5, 5.41) is 27.9. The third-order valence-corrected chi connectivity index (χ3v) is 2.57. The van der Waals surface area contributed by atoms with Crippen LogP contribution in [0.1, 0.15) is 0 Å². The van der Waals surface area contributed by atoms with Crippen molar-refractivity contribution in [3.8, 4) is 0 Å². The van der Waals surface area contributed by atoms with Gasteiger partial charge in [0, 0.05) is 0 Å². The number of hydrogen-bond donors (Lipinski definition) is 4. The van der Waals surface area contributed by atoms with E-state index < -0.39 is 47.6 Å². The van der Waals surface area contributed by atoms with E-state index in [1.807, 2.05) is 0 Å². The Hall–Kier alpha value is 0.960. The largest absolute Gasteiger partial charge is 1.00 e. The Morgan fingerprint density at radius 1 is 1.28 bits per heavy atom. The van der Waals surface area contributed by atoms with Crippen LogP contribution in [0.4, 0.5) is 0 Å². The van der Waals surface area contributed by atoms with Crippen molar-refractivity contribution >= 4 is 22.8 Å². The molecular weight excluding hydrogens is 305 g/mol. The molecule has 1 heterocycles. The minimum absolute atomic E-state index is 0. The molecule has 0 bridgehead atoms. The first-order chi connectivity index (χ1) is 7.22. The van der Waals surface area contributed by atoms with E-state index in [1.54, 1.807) is 0 Å². The molecule has 5 N–H and O–H groups in total. The monoisotopic (exact) mass is 317 g/mol. The zero-order valence-corrected chi connectivity index (χ0v) is 13.0. The molecule has 1 aliphatic rings. The molecule has 12 heteroatoms. The van der Waals surface area contributed by atoms with Gasteiger partial charge in [0.2, 0.25) is 10.4 Å². The fourth-order valence-corrected chi connectivity index (χ4v) is 1.56. The predicted molar refractivity (Wildman–Crippen MR) is 53.8 cm³/mol. The van der Waals surface area contributed by atoms with Crippen molar-refractivity contribution in [3.05, 3.63) is 0 Å². The molecule has 5 atom stereocenters. The normalized spacial score (nSPS) is 36.4. The molecule has 1 rings (SSSR count). The van der Waals surface area contributed by atoms with Gasteiger partial charge in [-0.15, -0.1) is 12.4 Å². The van der Waals surface area contributed by atoms with Gasteiger partial charge in [0.1, 0.15) is 18.3 Å². The Kier molecular flexibility index (Phi) is 9.79. The summed E-state index contributed by atoms with van der Waals surface area (Å²) in [4.78, 5) is 0. The quantitative estimate of drug-likeness (QED) is 0.225. The van der Waals surface area contributed by atoms with Crippen LogP contribution in [0.3, 0.4) is 0 Å². The van der Waals surface area contributed by atoms with Gasteiger partial charge in [0.05, 0.1) is 12.6 Å². The maximum absolute atomic E-state index is 10.1. The van der Waals surface area contributed by atoms with Crippen molar-refractivity contribution in [2.24, 2.45) is 5.73 Å². The molecule has 1 fully saturated rings. The van der Waals surface area contributed by atoms with E-state index in [1.165, 1.54) is 0 Å². The van der Waals surface area contributed by atoms with Crippen molar-refractivity contribution in [1.29, 1.82) is 0 Å². The van der Waals surface area contributed by atoms with E-state index in [0.717, 1.165) is 0 Å². The summed E-state index contributed by atoms with van der Waals surface area (Å²) in [6.07, 6.45) is -6.00. The fraction of sp³-hybridized carbons (Fsp3) is 1.00. The number of halogens is 1. The second kappa shape index (κ2) is 8.29. The molecule has 0 aromatic carbocycles. The van der Waals surface area contributed by atoms with Gasteiger partial charge in [-0.05, 0) is 0 Å². The molecule has 0 spiro atoms. The summed E-state index contributed by atoms with van der Waals surface area (Å²) in [6, 6.07) is -1.23. The van der Waals surface area contributed by atoms with Gasteiger partial charge in [-0.25, -0.2) is 8.42 Å².